The Morgan fingerprint density at radius 2 is 1.92 bits per heavy atom. The molecule has 1 aliphatic rings. The summed E-state index contributed by atoms with van der Waals surface area (Å²) in [5, 5.41) is 14.0. The molecule has 0 aromatic heterocycles. The van der Waals surface area contributed by atoms with E-state index < -0.39 is 10.8 Å². The number of halogens is 1. The molecule has 1 heterocycles. The van der Waals surface area contributed by atoms with Crippen LogP contribution in [0.4, 0.5) is 11.4 Å². The highest BCUT2D eigenvalue weighted by Gasteiger charge is 2.20. The summed E-state index contributed by atoms with van der Waals surface area (Å²) >= 11 is 6.20. The van der Waals surface area contributed by atoms with Crippen LogP contribution in [0, 0.1) is 10.1 Å². The van der Waals surface area contributed by atoms with E-state index in [0.29, 0.717) is 30.4 Å². The van der Waals surface area contributed by atoms with Crippen molar-refractivity contribution >= 4 is 28.9 Å². The summed E-state index contributed by atoms with van der Waals surface area (Å²) in [5.41, 5.74) is 0.116. The molecule has 136 valence electrons. The molecule has 26 heavy (non-hydrogen) atoms. The summed E-state index contributed by atoms with van der Waals surface area (Å²) in [5.74, 6) is 0.501. The molecule has 0 radical (unpaired) electrons. The predicted molar refractivity (Wildman–Crippen MR) is 94.7 cm³/mol. The normalized spacial score (nSPS) is 12.8. The highest BCUT2D eigenvalue weighted by Crippen LogP contribution is 2.38. The van der Waals surface area contributed by atoms with Gasteiger partial charge in [-0.25, -0.2) is 0 Å². The third kappa shape index (κ3) is 3.65. The van der Waals surface area contributed by atoms with Crippen molar-refractivity contribution in [2.75, 3.05) is 25.6 Å². The number of methoxy groups -OCH3 is 1. The molecular formula is C17H15ClN2O6. The predicted octanol–water partition coefficient (Wildman–Crippen LogP) is 3.67. The lowest BCUT2D eigenvalue weighted by molar-refractivity contribution is -0.385. The zero-order valence-electron chi connectivity index (χ0n) is 13.8. The first-order valence-electron chi connectivity index (χ1n) is 7.72. The minimum absolute atomic E-state index is 0.0696. The highest BCUT2D eigenvalue weighted by atomic mass is 35.5. The lowest BCUT2D eigenvalue weighted by Gasteiger charge is -2.12. The van der Waals surface area contributed by atoms with Gasteiger partial charge >= 0.3 is 5.69 Å². The van der Waals surface area contributed by atoms with E-state index in [1.807, 2.05) is 0 Å². The van der Waals surface area contributed by atoms with E-state index in [1.54, 1.807) is 12.1 Å². The number of hydrogen-bond donors (Lipinski definition) is 1. The Kier molecular flexibility index (Phi) is 5.13. The third-order valence-corrected chi connectivity index (χ3v) is 4.04. The van der Waals surface area contributed by atoms with Crippen molar-refractivity contribution in [2.45, 2.75) is 6.42 Å². The van der Waals surface area contributed by atoms with Crippen molar-refractivity contribution in [1.82, 2.24) is 0 Å². The number of ether oxygens (including phenoxy) is 3. The maximum Gasteiger partial charge on any atom is 0.311 e. The number of nitrogens with one attached hydrogen (secondary N) is 1. The molecule has 1 amide bonds. The van der Waals surface area contributed by atoms with Crippen LogP contribution in [0.3, 0.4) is 0 Å². The van der Waals surface area contributed by atoms with Gasteiger partial charge in [0.05, 0.1) is 36.0 Å². The van der Waals surface area contributed by atoms with Crippen molar-refractivity contribution in [3.8, 4) is 17.2 Å². The van der Waals surface area contributed by atoms with Gasteiger partial charge in [-0.1, -0.05) is 11.6 Å². The van der Waals surface area contributed by atoms with Gasteiger partial charge in [-0.05, 0) is 12.1 Å². The Morgan fingerprint density at radius 3 is 2.58 bits per heavy atom. The van der Waals surface area contributed by atoms with E-state index in [4.69, 9.17) is 25.8 Å². The van der Waals surface area contributed by atoms with Gasteiger partial charge in [0.15, 0.2) is 17.2 Å². The number of amides is 1. The first-order chi connectivity index (χ1) is 12.5. The maximum atomic E-state index is 12.5. The van der Waals surface area contributed by atoms with Gasteiger partial charge < -0.3 is 19.5 Å². The molecule has 1 aliphatic heterocycles. The number of anilines is 1. The minimum atomic E-state index is -0.615. The topological polar surface area (TPSA) is 99.9 Å². The SMILES string of the molecule is COc1ccc(C(=O)Nc2cc3c(cc2Cl)OCCCO3)cc1[N+](=O)[O-]. The van der Waals surface area contributed by atoms with Crippen molar-refractivity contribution in [3.63, 3.8) is 0 Å². The number of fused-ring (bicyclic) bond motifs is 1. The largest absolute Gasteiger partial charge is 0.490 e. The van der Waals surface area contributed by atoms with E-state index in [2.05, 4.69) is 5.32 Å². The Labute approximate surface area is 153 Å². The van der Waals surface area contributed by atoms with Crippen LogP contribution in [0.15, 0.2) is 30.3 Å². The van der Waals surface area contributed by atoms with Gasteiger partial charge in [-0.3, -0.25) is 14.9 Å². The number of carbonyl (C=O) groups excluding carboxylic acids is 1. The number of nitro groups is 1. The molecule has 2 aromatic rings. The lowest BCUT2D eigenvalue weighted by Crippen LogP contribution is -2.13. The zero-order chi connectivity index (χ0) is 18.7. The van der Waals surface area contributed by atoms with Crippen molar-refractivity contribution in [3.05, 3.63) is 51.0 Å². The number of nitro benzene ring substituents is 1. The summed E-state index contributed by atoms with van der Waals surface area (Å²) in [6.07, 6.45) is 0.740. The van der Waals surface area contributed by atoms with E-state index >= 15 is 0 Å². The number of nitrogens with zero attached hydrogens (tertiary/aromatic N) is 1. The molecule has 9 heteroatoms. The van der Waals surface area contributed by atoms with Crippen molar-refractivity contribution < 1.29 is 23.9 Å². The van der Waals surface area contributed by atoms with E-state index in [9.17, 15) is 14.9 Å². The van der Waals surface area contributed by atoms with Crippen LogP contribution in [0.5, 0.6) is 17.2 Å². The van der Waals surface area contributed by atoms with Gasteiger partial charge in [-0.15, -0.1) is 0 Å². The maximum absolute atomic E-state index is 12.5. The minimum Gasteiger partial charge on any atom is -0.490 e. The first kappa shape index (κ1) is 17.8. The monoisotopic (exact) mass is 378 g/mol. The second kappa shape index (κ2) is 7.49. The molecule has 0 aliphatic carbocycles. The molecule has 0 saturated heterocycles. The summed E-state index contributed by atoms with van der Waals surface area (Å²) in [6.45, 7) is 1.01. The molecule has 0 bridgehead atoms. The second-order valence-electron chi connectivity index (χ2n) is 5.43. The third-order valence-electron chi connectivity index (χ3n) is 3.72. The Bertz CT molecular complexity index is 871. The summed E-state index contributed by atoms with van der Waals surface area (Å²) in [4.78, 5) is 23.0. The van der Waals surface area contributed by atoms with Crippen LogP contribution < -0.4 is 19.5 Å². The molecule has 2 aromatic carbocycles. The lowest BCUT2D eigenvalue weighted by atomic mass is 10.1. The fraction of sp³-hybridized carbons (Fsp3) is 0.235. The molecule has 0 spiro atoms. The Balaban J connectivity index is 1.87. The Hall–Kier alpha value is -3.00. The summed E-state index contributed by atoms with van der Waals surface area (Å²) in [7, 11) is 1.32. The van der Waals surface area contributed by atoms with Gasteiger partial charge in [-0.2, -0.15) is 0 Å². The summed E-state index contributed by atoms with van der Waals surface area (Å²) < 4.78 is 16.0. The number of hydrogen-bond acceptors (Lipinski definition) is 6. The van der Waals surface area contributed by atoms with Crippen molar-refractivity contribution in [2.24, 2.45) is 0 Å². The first-order valence-corrected chi connectivity index (χ1v) is 8.10. The van der Waals surface area contributed by atoms with E-state index in [1.165, 1.54) is 19.2 Å². The molecule has 1 N–H and O–H groups in total. The fourth-order valence-electron chi connectivity index (χ4n) is 2.45. The zero-order valence-corrected chi connectivity index (χ0v) is 14.5. The molecule has 0 fully saturated rings. The van der Waals surface area contributed by atoms with Crippen LogP contribution in [-0.4, -0.2) is 31.2 Å². The van der Waals surface area contributed by atoms with Gasteiger partial charge in [0.1, 0.15) is 0 Å². The van der Waals surface area contributed by atoms with Gasteiger partial charge in [0, 0.05) is 30.2 Å². The number of carbonyl (C=O) groups is 1. The molecule has 3 rings (SSSR count). The highest BCUT2D eigenvalue weighted by molar-refractivity contribution is 6.34. The van der Waals surface area contributed by atoms with Gasteiger partial charge in [0.25, 0.3) is 5.91 Å². The number of benzene rings is 2. The quantitative estimate of drug-likeness (QED) is 0.643. The molecule has 0 saturated carbocycles. The number of rotatable bonds is 4. The van der Waals surface area contributed by atoms with Crippen LogP contribution in [0.1, 0.15) is 16.8 Å². The second-order valence-corrected chi connectivity index (χ2v) is 5.83. The van der Waals surface area contributed by atoms with Crippen LogP contribution >= 0.6 is 11.6 Å². The molecule has 0 atom stereocenters. The standard InChI is InChI=1S/C17H15ClN2O6/c1-24-14-4-3-10(7-13(14)20(22)23)17(21)19-12-9-16-15(8-11(12)18)25-5-2-6-26-16/h3-4,7-9H,2,5-6H2,1H3,(H,19,21). The van der Waals surface area contributed by atoms with Crippen LogP contribution in [-0.2, 0) is 0 Å². The van der Waals surface area contributed by atoms with Crippen LogP contribution in [0.25, 0.3) is 0 Å². The van der Waals surface area contributed by atoms with E-state index in [0.717, 1.165) is 12.5 Å². The fourth-order valence-corrected chi connectivity index (χ4v) is 2.65. The smallest absolute Gasteiger partial charge is 0.311 e. The molecular weight excluding hydrogens is 364 g/mol. The van der Waals surface area contributed by atoms with Crippen molar-refractivity contribution in [1.29, 1.82) is 0 Å². The molecule has 8 nitrogen and oxygen atoms in total. The average molecular weight is 379 g/mol. The Morgan fingerprint density at radius 1 is 1.23 bits per heavy atom. The van der Waals surface area contributed by atoms with Gasteiger partial charge in [0.2, 0.25) is 0 Å². The average Bonchev–Trinajstić information content (AvgIpc) is 2.86. The van der Waals surface area contributed by atoms with E-state index in [-0.39, 0.29) is 22.0 Å². The molecule has 0 unspecified atom stereocenters. The van der Waals surface area contributed by atoms with Crippen LogP contribution in [0.2, 0.25) is 5.02 Å². The summed E-state index contributed by atoms with van der Waals surface area (Å²) in [6, 6.07) is 7.07.